The summed E-state index contributed by atoms with van der Waals surface area (Å²) in [5.41, 5.74) is 0.876. The second-order valence-corrected chi connectivity index (χ2v) is 4.75. The maximum atomic E-state index is 13.1. The molecule has 1 aliphatic rings. The number of rotatable bonds is 2. The van der Waals surface area contributed by atoms with Crippen LogP contribution in [-0.2, 0) is 11.3 Å². The van der Waals surface area contributed by atoms with E-state index in [1.165, 1.54) is 12.1 Å². The maximum absolute atomic E-state index is 13.1. The summed E-state index contributed by atoms with van der Waals surface area (Å²) >= 11 is 3.25. The molecule has 1 saturated heterocycles. The Morgan fingerprint density at radius 2 is 2.25 bits per heavy atom. The number of hydrogen-bond donors (Lipinski definition) is 1. The van der Waals surface area contributed by atoms with Crippen LogP contribution in [0.5, 0.6) is 0 Å². The van der Waals surface area contributed by atoms with Crippen LogP contribution < -0.4 is 5.32 Å². The fourth-order valence-corrected chi connectivity index (χ4v) is 2.30. The van der Waals surface area contributed by atoms with Crippen molar-refractivity contribution in [1.82, 2.24) is 10.2 Å². The first-order chi connectivity index (χ1) is 7.63. The van der Waals surface area contributed by atoms with E-state index in [9.17, 15) is 9.18 Å². The summed E-state index contributed by atoms with van der Waals surface area (Å²) in [5, 5.41) is 2.76. The smallest absolute Gasteiger partial charge is 0.234 e. The zero-order valence-corrected chi connectivity index (χ0v) is 10.3. The zero-order chi connectivity index (χ0) is 11.5. The van der Waals surface area contributed by atoms with Crippen molar-refractivity contribution < 1.29 is 9.18 Å². The lowest BCUT2D eigenvalue weighted by Crippen LogP contribution is -2.47. The number of amides is 1. The highest BCUT2D eigenvalue weighted by Crippen LogP contribution is 2.16. The van der Waals surface area contributed by atoms with Gasteiger partial charge < -0.3 is 5.32 Å². The van der Waals surface area contributed by atoms with E-state index >= 15 is 0 Å². The van der Waals surface area contributed by atoms with E-state index in [1.54, 1.807) is 0 Å². The summed E-state index contributed by atoms with van der Waals surface area (Å²) in [5.74, 6) is -0.229. The zero-order valence-electron chi connectivity index (χ0n) is 8.67. The van der Waals surface area contributed by atoms with Gasteiger partial charge in [-0.15, -0.1) is 0 Å². The molecule has 16 heavy (non-hydrogen) atoms. The fourth-order valence-electron chi connectivity index (χ4n) is 1.79. The fraction of sp³-hybridized carbons (Fsp3) is 0.364. The SMILES string of the molecule is O=C1CN(Cc2cc(F)cc(Br)c2)CCN1. The molecule has 1 heterocycles. The molecule has 1 aromatic carbocycles. The Kier molecular flexibility index (Phi) is 3.56. The van der Waals surface area contributed by atoms with Gasteiger partial charge in [0, 0.05) is 24.1 Å². The van der Waals surface area contributed by atoms with Crippen LogP contribution in [0, 0.1) is 5.82 Å². The van der Waals surface area contributed by atoms with E-state index in [0.717, 1.165) is 16.6 Å². The molecule has 0 saturated carbocycles. The van der Waals surface area contributed by atoms with Gasteiger partial charge in [-0.2, -0.15) is 0 Å². The molecule has 0 radical (unpaired) electrons. The van der Waals surface area contributed by atoms with Gasteiger partial charge in [0.15, 0.2) is 0 Å². The van der Waals surface area contributed by atoms with Gasteiger partial charge in [-0.3, -0.25) is 9.69 Å². The van der Waals surface area contributed by atoms with Crippen LogP contribution in [0.15, 0.2) is 22.7 Å². The Hall–Kier alpha value is -0.940. The van der Waals surface area contributed by atoms with E-state index in [0.29, 0.717) is 19.6 Å². The molecule has 1 amide bonds. The molecule has 86 valence electrons. The van der Waals surface area contributed by atoms with E-state index in [4.69, 9.17) is 0 Å². The first kappa shape index (κ1) is 11.5. The topological polar surface area (TPSA) is 32.3 Å². The predicted molar refractivity (Wildman–Crippen MR) is 62.4 cm³/mol. The third-order valence-corrected chi connectivity index (χ3v) is 2.90. The Morgan fingerprint density at radius 3 is 2.94 bits per heavy atom. The molecule has 0 spiro atoms. The second kappa shape index (κ2) is 4.93. The normalized spacial score (nSPS) is 17.2. The van der Waals surface area contributed by atoms with Crippen molar-refractivity contribution in [2.45, 2.75) is 6.54 Å². The number of hydrogen-bond acceptors (Lipinski definition) is 2. The summed E-state index contributed by atoms with van der Waals surface area (Å²) in [6.45, 7) is 2.45. The molecule has 1 aliphatic heterocycles. The summed E-state index contributed by atoms with van der Waals surface area (Å²) < 4.78 is 13.9. The standard InChI is InChI=1S/C11H12BrFN2O/c12-9-3-8(4-10(13)5-9)6-15-2-1-14-11(16)7-15/h3-5H,1-2,6-7H2,(H,14,16). The van der Waals surface area contributed by atoms with E-state index < -0.39 is 0 Å². The van der Waals surface area contributed by atoms with Crippen molar-refractivity contribution in [3.63, 3.8) is 0 Å². The molecule has 0 bridgehead atoms. The highest BCUT2D eigenvalue weighted by molar-refractivity contribution is 9.10. The van der Waals surface area contributed by atoms with E-state index in [-0.39, 0.29) is 11.7 Å². The minimum absolute atomic E-state index is 0.0294. The number of halogens is 2. The van der Waals surface area contributed by atoms with Gasteiger partial charge in [0.05, 0.1) is 6.54 Å². The molecule has 0 atom stereocenters. The van der Waals surface area contributed by atoms with Crippen LogP contribution in [0.25, 0.3) is 0 Å². The third-order valence-electron chi connectivity index (χ3n) is 2.45. The Balaban J connectivity index is 2.05. The lowest BCUT2D eigenvalue weighted by Gasteiger charge is -2.26. The molecule has 0 aliphatic carbocycles. The highest BCUT2D eigenvalue weighted by atomic mass is 79.9. The van der Waals surface area contributed by atoms with Crippen LogP contribution in [0.2, 0.25) is 0 Å². The van der Waals surface area contributed by atoms with Crippen molar-refractivity contribution in [3.05, 3.63) is 34.1 Å². The monoisotopic (exact) mass is 286 g/mol. The summed E-state index contributed by atoms with van der Waals surface area (Å²) in [7, 11) is 0. The lowest BCUT2D eigenvalue weighted by molar-refractivity contribution is -0.124. The summed E-state index contributed by atoms with van der Waals surface area (Å²) in [6, 6.07) is 4.79. The summed E-state index contributed by atoms with van der Waals surface area (Å²) in [6.07, 6.45) is 0. The highest BCUT2D eigenvalue weighted by Gasteiger charge is 2.16. The number of carbonyl (C=O) groups excluding carboxylic acids is 1. The number of benzene rings is 1. The Morgan fingerprint density at radius 1 is 1.44 bits per heavy atom. The molecule has 1 fully saturated rings. The first-order valence-corrected chi connectivity index (χ1v) is 5.87. The second-order valence-electron chi connectivity index (χ2n) is 3.84. The minimum Gasteiger partial charge on any atom is -0.354 e. The van der Waals surface area contributed by atoms with Gasteiger partial charge >= 0.3 is 0 Å². The molecule has 1 aromatic rings. The van der Waals surface area contributed by atoms with Crippen LogP contribution in [0.4, 0.5) is 4.39 Å². The first-order valence-electron chi connectivity index (χ1n) is 5.07. The average Bonchev–Trinajstić information content (AvgIpc) is 2.15. The van der Waals surface area contributed by atoms with Gasteiger partial charge in [-0.25, -0.2) is 4.39 Å². The minimum atomic E-state index is -0.258. The quantitative estimate of drug-likeness (QED) is 0.894. The van der Waals surface area contributed by atoms with Gasteiger partial charge in [0.25, 0.3) is 0 Å². The van der Waals surface area contributed by atoms with Crippen LogP contribution in [0.3, 0.4) is 0 Å². The average molecular weight is 287 g/mol. The predicted octanol–water partition coefficient (Wildman–Crippen LogP) is 1.52. The number of nitrogens with one attached hydrogen (secondary N) is 1. The van der Waals surface area contributed by atoms with Crippen LogP contribution >= 0.6 is 15.9 Å². The number of piperazine rings is 1. The maximum Gasteiger partial charge on any atom is 0.234 e. The Bertz CT molecular complexity index is 391. The van der Waals surface area contributed by atoms with E-state index in [1.807, 2.05) is 11.0 Å². The van der Waals surface area contributed by atoms with Crippen molar-refractivity contribution in [2.75, 3.05) is 19.6 Å². The Labute approximate surface area is 102 Å². The molecule has 0 aromatic heterocycles. The molecule has 0 unspecified atom stereocenters. The summed E-state index contributed by atoms with van der Waals surface area (Å²) in [4.78, 5) is 13.2. The molecule has 2 rings (SSSR count). The largest absolute Gasteiger partial charge is 0.354 e. The molecular formula is C11H12BrFN2O. The van der Waals surface area contributed by atoms with Crippen LogP contribution in [-0.4, -0.2) is 30.4 Å². The van der Waals surface area contributed by atoms with Crippen molar-refractivity contribution >= 4 is 21.8 Å². The van der Waals surface area contributed by atoms with Crippen molar-refractivity contribution in [2.24, 2.45) is 0 Å². The molecular weight excluding hydrogens is 275 g/mol. The number of nitrogens with zero attached hydrogens (tertiary/aromatic N) is 1. The van der Waals surface area contributed by atoms with Crippen molar-refractivity contribution in [1.29, 1.82) is 0 Å². The molecule has 3 nitrogen and oxygen atoms in total. The molecule has 1 N–H and O–H groups in total. The van der Waals surface area contributed by atoms with Gasteiger partial charge in [0.1, 0.15) is 5.82 Å². The van der Waals surface area contributed by atoms with Gasteiger partial charge in [-0.05, 0) is 23.8 Å². The van der Waals surface area contributed by atoms with Crippen LogP contribution in [0.1, 0.15) is 5.56 Å². The third kappa shape index (κ3) is 3.02. The van der Waals surface area contributed by atoms with Crippen molar-refractivity contribution in [3.8, 4) is 0 Å². The van der Waals surface area contributed by atoms with E-state index in [2.05, 4.69) is 21.2 Å². The van der Waals surface area contributed by atoms with Gasteiger partial charge in [-0.1, -0.05) is 15.9 Å². The molecule has 5 heteroatoms. The van der Waals surface area contributed by atoms with Gasteiger partial charge in [0.2, 0.25) is 5.91 Å². The number of carbonyl (C=O) groups is 1. The lowest BCUT2D eigenvalue weighted by atomic mass is 10.2.